The molecule has 32 heavy (non-hydrogen) atoms. The van der Waals surface area contributed by atoms with Crippen LogP contribution in [0.4, 0.5) is 4.79 Å². The van der Waals surface area contributed by atoms with Crippen molar-refractivity contribution in [1.29, 1.82) is 5.26 Å². The summed E-state index contributed by atoms with van der Waals surface area (Å²) in [6.45, 7) is 7.16. The summed E-state index contributed by atoms with van der Waals surface area (Å²) in [7, 11) is 0. The molecule has 0 bridgehead atoms. The van der Waals surface area contributed by atoms with E-state index < -0.39 is 17.7 Å². The minimum atomic E-state index is -0.626. The lowest BCUT2D eigenvalue weighted by Crippen LogP contribution is -2.43. The number of carbonyl (C=O) groups excluding carboxylic acids is 2. The third-order valence-corrected chi connectivity index (χ3v) is 5.03. The summed E-state index contributed by atoms with van der Waals surface area (Å²) in [5, 5.41) is 11.8. The van der Waals surface area contributed by atoms with E-state index in [1.165, 1.54) is 0 Å². The van der Waals surface area contributed by atoms with Crippen molar-refractivity contribution in [3.63, 3.8) is 0 Å². The van der Waals surface area contributed by atoms with Crippen LogP contribution >= 0.6 is 0 Å². The lowest BCUT2D eigenvalue weighted by atomic mass is 10.0. The molecule has 0 radical (unpaired) electrons. The summed E-state index contributed by atoms with van der Waals surface area (Å²) in [5.41, 5.74) is 1.75. The zero-order valence-corrected chi connectivity index (χ0v) is 19.0. The van der Waals surface area contributed by atoms with Gasteiger partial charge < -0.3 is 14.8 Å². The van der Waals surface area contributed by atoms with Gasteiger partial charge >= 0.3 is 6.09 Å². The Bertz CT molecular complexity index is 1010. The monoisotopic (exact) mass is 435 g/mol. The number of ketones is 1. The van der Waals surface area contributed by atoms with E-state index in [2.05, 4.69) is 16.4 Å². The van der Waals surface area contributed by atoms with Gasteiger partial charge in [-0.2, -0.15) is 5.26 Å². The number of nitrogens with zero attached hydrogens (tertiary/aromatic N) is 2. The molecular weight excluding hydrogens is 406 g/mol. The molecule has 1 saturated carbocycles. The van der Waals surface area contributed by atoms with Crippen LogP contribution in [0, 0.1) is 11.3 Å². The lowest BCUT2D eigenvalue weighted by Gasteiger charge is -2.22. The SMILES string of the molecule is CC[C@@H](NC(=O)OC(C)(C)C)C(=O)Cc1ccc(Oc2ccc(C#N)cc2C2CC2)nc1. The molecule has 1 atom stereocenters. The molecule has 168 valence electrons. The van der Waals surface area contributed by atoms with E-state index in [0.29, 0.717) is 29.5 Å². The second-order valence-electron chi connectivity index (χ2n) is 9.00. The van der Waals surface area contributed by atoms with Crippen molar-refractivity contribution in [1.82, 2.24) is 10.3 Å². The highest BCUT2D eigenvalue weighted by Gasteiger charge is 2.27. The maximum atomic E-state index is 12.7. The first-order valence-corrected chi connectivity index (χ1v) is 10.9. The lowest BCUT2D eigenvalue weighted by molar-refractivity contribution is -0.120. The molecule has 0 saturated heterocycles. The molecule has 1 aromatic carbocycles. The van der Waals surface area contributed by atoms with Crippen LogP contribution in [-0.2, 0) is 16.0 Å². The second-order valence-corrected chi connectivity index (χ2v) is 9.00. The number of hydrogen-bond acceptors (Lipinski definition) is 6. The minimum Gasteiger partial charge on any atom is -0.444 e. The highest BCUT2D eigenvalue weighted by atomic mass is 16.6. The quantitative estimate of drug-likeness (QED) is 0.623. The Morgan fingerprint density at radius 3 is 2.56 bits per heavy atom. The zero-order valence-electron chi connectivity index (χ0n) is 19.0. The Labute approximate surface area is 188 Å². The predicted octanol–water partition coefficient (Wildman–Crippen LogP) is 5.04. The van der Waals surface area contributed by atoms with E-state index in [9.17, 15) is 9.59 Å². The van der Waals surface area contributed by atoms with Gasteiger partial charge in [0.05, 0.1) is 17.7 Å². The summed E-state index contributed by atoms with van der Waals surface area (Å²) in [6, 6.07) is 10.5. The molecular formula is C25H29N3O4. The molecule has 1 aliphatic rings. The van der Waals surface area contributed by atoms with Gasteiger partial charge in [-0.05, 0) is 75.3 Å². The molecule has 0 spiro atoms. The standard InChI is InChI=1S/C25H29N3O4/c1-5-20(28-24(30)32-25(2,3)4)21(29)13-17-7-11-23(27-15-17)31-22-10-6-16(14-26)12-19(22)18-8-9-18/h6-7,10-12,15,18,20H,5,8-9,13H2,1-4H3,(H,28,30)/t20-/m1/s1. The summed E-state index contributed by atoms with van der Waals surface area (Å²) >= 11 is 0. The Morgan fingerprint density at radius 2 is 2.00 bits per heavy atom. The van der Waals surface area contributed by atoms with E-state index in [1.54, 1.807) is 51.2 Å². The van der Waals surface area contributed by atoms with Gasteiger partial charge in [-0.3, -0.25) is 4.79 Å². The summed E-state index contributed by atoms with van der Waals surface area (Å²) in [6.07, 6.45) is 3.80. The van der Waals surface area contributed by atoms with E-state index in [4.69, 9.17) is 14.7 Å². The number of rotatable bonds is 8. The summed E-state index contributed by atoms with van der Waals surface area (Å²) in [5.74, 6) is 1.44. The van der Waals surface area contributed by atoms with Crippen molar-refractivity contribution in [2.45, 2.75) is 70.9 Å². The molecule has 1 amide bonds. The fraction of sp³-hybridized carbons (Fsp3) is 0.440. The van der Waals surface area contributed by atoms with Crippen LogP contribution < -0.4 is 10.1 Å². The van der Waals surface area contributed by atoms with Crippen molar-refractivity contribution < 1.29 is 19.1 Å². The van der Waals surface area contributed by atoms with Gasteiger partial charge in [0, 0.05) is 18.7 Å². The van der Waals surface area contributed by atoms with Crippen molar-refractivity contribution in [3.05, 3.63) is 53.2 Å². The van der Waals surface area contributed by atoms with E-state index in [0.717, 1.165) is 24.0 Å². The molecule has 1 aromatic heterocycles. The highest BCUT2D eigenvalue weighted by Crippen LogP contribution is 2.45. The molecule has 3 rings (SSSR count). The molecule has 1 heterocycles. The van der Waals surface area contributed by atoms with Gasteiger partial charge in [0.25, 0.3) is 0 Å². The Kier molecular flexibility index (Phi) is 7.14. The topological polar surface area (TPSA) is 101 Å². The van der Waals surface area contributed by atoms with Gasteiger partial charge in [-0.25, -0.2) is 9.78 Å². The number of nitriles is 1. The van der Waals surface area contributed by atoms with Crippen LogP contribution in [0.2, 0.25) is 0 Å². The smallest absolute Gasteiger partial charge is 0.408 e. The Balaban J connectivity index is 1.61. The van der Waals surface area contributed by atoms with Crippen LogP contribution in [0.1, 0.15) is 69.6 Å². The van der Waals surface area contributed by atoms with Gasteiger partial charge in [0.2, 0.25) is 5.88 Å². The van der Waals surface area contributed by atoms with Crippen LogP contribution in [0.5, 0.6) is 11.6 Å². The van der Waals surface area contributed by atoms with Gasteiger partial charge in [-0.15, -0.1) is 0 Å². The summed E-state index contributed by atoms with van der Waals surface area (Å²) in [4.78, 5) is 29.0. The van der Waals surface area contributed by atoms with Crippen molar-refractivity contribution in [2.24, 2.45) is 0 Å². The van der Waals surface area contributed by atoms with Crippen molar-refractivity contribution in [3.8, 4) is 17.7 Å². The Morgan fingerprint density at radius 1 is 1.25 bits per heavy atom. The molecule has 2 aromatic rings. The molecule has 1 N–H and O–H groups in total. The Hall–Kier alpha value is -3.40. The van der Waals surface area contributed by atoms with Crippen LogP contribution in [0.15, 0.2) is 36.5 Å². The number of alkyl carbamates (subject to hydrolysis) is 1. The third-order valence-electron chi connectivity index (χ3n) is 5.03. The first kappa shape index (κ1) is 23.3. The third kappa shape index (κ3) is 6.55. The first-order chi connectivity index (χ1) is 15.2. The summed E-state index contributed by atoms with van der Waals surface area (Å²) < 4.78 is 11.2. The molecule has 1 aliphatic carbocycles. The number of Topliss-reactive ketones (excluding diaryl/α,β-unsaturated/α-hetero) is 1. The van der Waals surface area contributed by atoms with Gasteiger partial charge in [0.15, 0.2) is 5.78 Å². The highest BCUT2D eigenvalue weighted by molar-refractivity contribution is 5.89. The van der Waals surface area contributed by atoms with Crippen LogP contribution in [0.25, 0.3) is 0 Å². The molecule has 7 nitrogen and oxygen atoms in total. The number of pyridine rings is 1. The van der Waals surface area contributed by atoms with Crippen molar-refractivity contribution >= 4 is 11.9 Å². The largest absolute Gasteiger partial charge is 0.444 e. The number of carbonyl (C=O) groups is 2. The molecule has 7 heteroatoms. The maximum absolute atomic E-state index is 12.7. The average Bonchev–Trinajstić information content (AvgIpc) is 3.57. The minimum absolute atomic E-state index is 0.114. The van der Waals surface area contributed by atoms with Crippen LogP contribution in [0.3, 0.4) is 0 Å². The molecule has 1 fully saturated rings. The fourth-order valence-corrected chi connectivity index (χ4v) is 3.30. The maximum Gasteiger partial charge on any atom is 0.408 e. The number of nitrogens with one attached hydrogen (secondary N) is 1. The van der Waals surface area contributed by atoms with E-state index in [-0.39, 0.29) is 12.2 Å². The van der Waals surface area contributed by atoms with E-state index >= 15 is 0 Å². The van der Waals surface area contributed by atoms with Gasteiger partial charge in [0.1, 0.15) is 11.4 Å². The average molecular weight is 436 g/mol. The number of aromatic nitrogens is 1. The van der Waals surface area contributed by atoms with Gasteiger partial charge in [-0.1, -0.05) is 13.0 Å². The predicted molar refractivity (Wildman–Crippen MR) is 120 cm³/mol. The van der Waals surface area contributed by atoms with Crippen LogP contribution in [-0.4, -0.2) is 28.5 Å². The van der Waals surface area contributed by atoms with E-state index in [1.807, 2.05) is 13.0 Å². The fourth-order valence-electron chi connectivity index (χ4n) is 3.30. The zero-order chi connectivity index (χ0) is 23.3. The van der Waals surface area contributed by atoms with Crippen molar-refractivity contribution in [2.75, 3.05) is 0 Å². The number of amides is 1. The normalized spacial score (nSPS) is 14.2. The molecule has 0 unspecified atom stereocenters. The second kappa shape index (κ2) is 9.82. The number of ether oxygens (including phenoxy) is 2. The number of benzene rings is 1. The number of hydrogen-bond donors (Lipinski definition) is 1. The molecule has 0 aliphatic heterocycles. The first-order valence-electron chi connectivity index (χ1n) is 10.9.